The molecule has 5 rings (SSSR count). The largest absolute Gasteiger partial charge is 0.417 e. The number of hydrogen-bond donors (Lipinski definition) is 1. The maximum atomic E-state index is 13.6. The Morgan fingerprint density at radius 3 is 2.62 bits per heavy atom. The van der Waals surface area contributed by atoms with Gasteiger partial charge in [-0.3, -0.25) is 0 Å². The van der Waals surface area contributed by atoms with Crippen LogP contribution >= 0.6 is 0 Å². The second-order valence-corrected chi connectivity index (χ2v) is 9.26. The highest BCUT2D eigenvalue weighted by Gasteiger charge is 2.60. The van der Waals surface area contributed by atoms with Gasteiger partial charge in [0.15, 0.2) is 11.2 Å². The number of fused-ring (bicyclic) bond motifs is 4. The molecule has 0 aliphatic heterocycles. The number of aromatic nitrogens is 3. The van der Waals surface area contributed by atoms with Crippen LogP contribution in [0, 0.1) is 11.7 Å². The lowest BCUT2D eigenvalue weighted by Crippen LogP contribution is -2.54. The second kappa shape index (κ2) is 7.27. The number of rotatable bonds is 2. The summed E-state index contributed by atoms with van der Waals surface area (Å²) in [5.74, 6) is -0.598. The van der Waals surface area contributed by atoms with Gasteiger partial charge in [-0.2, -0.15) is 18.3 Å². The van der Waals surface area contributed by atoms with E-state index in [9.17, 15) is 22.7 Å². The van der Waals surface area contributed by atoms with Crippen molar-refractivity contribution < 1.29 is 22.7 Å². The van der Waals surface area contributed by atoms with Crippen LogP contribution in [0.2, 0.25) is 0 Å². The van der Waals surface area contributed by atoms with E-state index >= 15 is 0 Å². The van der Waals surface area contributed by atoms with Gasteiger partial charge in [-0.05, 0) is 92.2 Å². The molecule has 2 heterocycles. The highest BCUT2D eigenvalue weighted by Crippen LogP contribution is 2.56. The molecular formula is C24H25F4N3O. The van der Waals surface area contributed by atoms with Gasteiger partial charge in [-0.15, -0.1) is 0 Å². The summed E-state index contributed by atoms with van der Waals surface area (Å²) in [5.41, 5.74) is 0.177. The lowest BCUT2D eigenvalue weighted by atomic mass is 9.57. The number of pyridine rings is 1. The highest BCUT2D eigenvalue weighted by atomic mass is 19.4. The minimum Gasteiger partial charge on any atom is -0.380 e. The van der Waals surface area contributed by atoms with Gasteiger partial charge in [0.05, 0.1) is 11.9 Å². The van der Waals surface area contributed by atoms with E-state index < -0.39 is 17.2 Å². The molecule has 0 saturated heterocycles. The Bertz CT molecular complexity index is 1160. The molecule has 1 fully saturated rings. The number of aryl methyl sites for hydroxylation is 1. The molecule has 170 valence electrons. The molecule has 2 aliphatic rings. The van der Waals surface area contributed by atoms with Crippen molar-refractivity contribution in [3.8, 4) is 5.69 Å². The van der Waals surface area contributed by atoms with Crippen LogP contribution in [0.25, 0.3) is 16.7 Å². The lowest BCUT2D eigenvalue weighted by Gasteiger charge is -2.50. The zero-order valence-corrected chi connectivity index (χ0v) is 17.8. The van der Waals surface area contributed by atoms with Crippen molar-refractivity contribution in [3.63, 3.8) is 0 Å². The van der Waals surface area contributed by atoms with Crippen molar-refractivity contribution in [3.05, 3.63) is 53.6 Å². The van der Waals surface area contributed by atoms with Crippen molar-refractivity contribution >= 4 is 11.0 Å². The highest BCUT2D eigenvalue weighted by molar-refractivity contribution is 5.78. The van der Waals surface area contributed by atoms with Gasteiger partial charge in [-0.1, -0.05) is 6.92 Å². The van der Waals surface area contributed by atoms with E-state index in [2.05, 4.69) is 5.10 Å². The Morgan fingerprint density at radius 1 is 1.19 bits per heavy atom. The van der Waals surface area contributed by atoms with Crippen molar-refractivity contribution in [2.45, 2.75) is 69.1 Å². The van der Waals surface area contributed by atoms with Crippen LogP contribution in [-0.4, -0.2) is 31.6 Å². The minimum atomic E-state index is -4.62. The topological polar surface area (TPSA) is 50.9 Å². The normalized spacial score (nSPS) is 28.2. The van der Waals surface area contributed by atoms with Crippen LogP contribution in [0.5, 0.6) is 0 Å². The minimum absolute atomic E-state index is 0.263. The summed E-state index contributed by atoms with van der Waals surface area (Å²) in [5, 5.41) is 15.7. The Hall–Kier alpha value is -2.48. The van der Waals surface area contributed by atoms with Crippen LogP contribution in [0.1, 0.15) is 56.7 Å². The Balaban J connectivity index is 1.61. The quantitative estimate of drug-likeness (QED) is 0.518. The smallest absolute Gasteiger partial charge is 0.380 e. The molecule has 2 aliphatic carbocycles. The summed E-state index contributed by atoms with van der Waals surface area (Å²) in [4.78, 5) is 4.93. The first-order valence-electron chi connectivity index (χ1n) is 11.1. The zero-order chi connectivity index (χ0) is 22.7. The Kier molecular flexibility index (Phi) is 4.85. The van der Waals surface area contributed by atoms with Gasteiger partial charge < -0.3 is 5.11 Å². The van der Waals surface area contributed by atoms with E-state index in [1.54, 1.807) is 23.0 Å². The van der Waals surface area contributed by atoms with Gasteiger partial charge in [0, 0.05) is 11.1 Å². The molecule has 4 nitrogen and oxygen atoms in total. The van der Waals surface area contributed by atoms with Crippen molar-refractivity contribution in [2.24, 2.45) is 5.92 Å². The van der Waals surface area contributed by atoms with Gasteiger partial charge in [0.2, 0.25) is 0 Å². The molecule has 2 aromatic heterocycles. The van der Waals surface area contributed by atoms with Gasteiger partial charge in [0.1, 0.15) is 5.82 Å². The second-order valence-electron chi connectivity index (χ2n) is 9.26. The number of hydrogen-bond acceptors (Lipinski definition) is 3. The first kappa shape index (κ1) is 21.4. The lowest BCUT2D eigenvalue weighted by molar-refractivity contribution is -0.279. The molecule has 1 aromatic carbocycles. The van der Waals surface area contributed by atoms with Crippen LogP contribution < -0.4 is 0 Å². The molecule has 1 saturated carbocycles. The van der Waals surface area contributed by atoms with E-state index in [4.69, 9.17) is 4.98 Å². The van der Waals surface area contributed by atoms with Gasteiger partial charge in [0.25, 0.3) is 0 Å². The number of alkyl halides is 3. The fourth-order valence-electron chi connectivity index (χ4n) is 5.89. The zero-order valence-electron chi connectivity index (χ0n) is 17.8. The molecule has 3 atom stereocenters. The number of benzene rings is 1. The fraction of sp³-hybridized carbons (Fsp3) is 0.500. The van der Waals surface area contributed by atoms with Gasteiger partial charge in [-0.25, -0.2) is 14.1 Å². The van der Waals surface area contributed by atoms with Crippen LogP contribution in [0.3, 0.4) is 0 Å². The molecule has 32 heavy (non-hydrogen) atoms. The number of aliphatic hydroxyl groups is 1. The summed E-state index contributed by atoms with van der Waals surface area (Å²) in [7, 11) is 0. The third kappa shape index (κ3) is 3.14. The fourth-order valence-corrected chi connectivity index (χ4v) is 5.89. The maximum absolute atomic E-state index is 13.6. The van der Waals surface area contributed by atoms with Crippen LogP contribution in [0.4, 0.5) is 17.6 Å². The molecule has 3 aromatic rings. The van der Waals surface area contributed by atoms with E-state index in [-0.39, 0.29) is 31.0 Å². The van der Waals surface area contributed by atoms with E-state index in [1.807, 2.05) is 13.0 Å². The monoisotopic (exact) mass is 447 g/mol. The standard InChI is InChI=1S/C24H25F4N3O/c1-2-22-10-11-23(32,24(26,27)28)13-16(22)4-3-5-20-19(22)12-15-14-29-31(21(15)30-20)18-8-6-17(25)7-9-18/h6-9,12,14,16,32H,2-5,10-11,13H2,1H3/t16-,22-,23+/m0/s1. The molecule has 0 bridgehead atoms. The first-order chi connectivity index (χ1) is 15.2. The number of halogens is 4. The van der Waals surface area contributed by atoms with E-state index in [0.717, 1.165) is 23.1 Å². The molecular weight excluding hydrogens is 422 g/mol. The summed E-state index contributed by atoms with van der Waals surface area (Å²) in [6.45, 7) is 2.02. The predicted octanol–water partition coefficient (Wildman–Crippen LogP) is 5.64. The molecule has 1 N–H and O–H groups in total. The van der Waals surface area contributed by atoms with Gasteiger partial charge >= 0.3 is 6.18 Å². The molecule has 8 heteroatoms. The van der Waals surface area contributed by atoms with Crippen molar-refractivity contribution in [1.82, 2.24) is 14.8 Å². The summed E-state index contributed by atoms with van der Waals surface area (Å²) >= 11 is 0. The third-order valence-electron chi connectivity index (χ3n) is 7.71. The SMILES string of the molecule is CC[C@]12CC[C@](O)(C(F)(F)F)C[C@@H]1CCCc1nc3c(cnn3-c3ccc(F)cc3)cc12. The molecule has 0 amide bonds. The first-order valence-corrected chi connectivity index (χ1v) is 11.1. The molecule has 0 radical (unpaired) electrons. The maximum Gasteiger partial charge on any atom is 0.417 e. The third-order valence-corrected chi connectivity index (χ3v) is 7.71. The molecule has 0 unspecified atom stereocenters. The molecule has 0 spiro atoms. The van der Waals surface area contributed by atoms with Crippen molar-refractivity contribution in [1.29, 1.82) is 0 Å². The van der Waals surface area contributed by atoms with Crippen molar-refractivity contribution in [2.75, 3.05) is 0 Å². The average Bonchev–Trinajstić information content (AvgIpc) is 3.09. The Labute approximate surface area is 183 Å². The van der Waals surface area contributed by atoms with Crippen LogP contribution in [0.15, 0.2) is 36.5 Å². The summed E-state index contributed by atoms with van der Waals surface area (Å²) in [6.07, 6.45) is -0.509. The van der Waals surface area contributed by atoms with Crippen LogP contribution in [-0.2, 0) is 11.8 Å². The Morgan fingerprint density at radius 2 is 1.94 bits per heavy atom. The number of nitrogens with zero attached hydrogens (tertiary/aromatic N) is 3. The summed E-state index contributed by atoms with van der Waals surface area (Å²) < 4.78 is 55.8. The summed E-state index contributed by atoms with van der Waals surface area (Å²) in [6, 6.07) is 8.04. The predicted molar refractivity (Wildman–Crippen MR) is 112 cm³/mol. The van der Waals surface area contributed by atoms with E-state index in [1.165, 1.54) is 12.1 Å². The van der Waals surface area contributed by atoms with E-state index in [0.29, 0.717) is 30.6 Å². The average molecular weight is 447 g/mol.